The van der Waals surface area contributed by atoms with Crippen molar-refractivity contribution in [3.63, 3.8) is 0 Å². The monoisotopic (exact) mass is 271 g/mol. The predicted molar refractivity (Wildman–Crippen MR) is 67.4 cm³/mol. The third kappa shape index (κ3) is 3.01. The molecule has 6 heteroatoms. The molecule has 0 fully saturated rings. The lowest BCUT2D eigenvalue weighted by Crippen LogP contribution is -2.24. The molecule has 0 saturated carbocycles. The lowest BCUT2D eigenvalue weighted by molar-refractivity contribution is -0.139. The highest BCUT2D eigenvalue weighted by Gasteiger charge is 2.20. The number of rotatable bonds is 3. The summed E-state index contributed by atoms with van der Waals surface area (Å²) < 4.78 is 18.2. The average Bonchev–Trinajstić information content (AvgIpc) is 2.32. The summed E-state index contributed by atoms with van der Waals surface area (Å²) in [5, 5.41) is 0. The first-order chi connectivity index (χ1) is 8.38. The molecule has 0 aliphatic heterocycles. The number of hydrogen-bond acceptors (Lipinski definition) is 4. The number of methoxy groups -OCH3 is 1. The van der Waals surface area contributed by atoms with Crippen LogP contribution in [0.15, 0.2) is 17.0 Å². The van der Waals surface area contributed by atoms with Crippen LogP contribution >= 0.6 is 12.6 Å². The number of carbonyl (C=O) groups excluding carboxylic acids is 2. The van der Waals surface area contributed by atoms with Crippen molar-refractivity contribution in [1.82, 2.24) is 4.90 Å². The smallest absolute Gasteiger partial charge is 0.310 e. The van der Waals surface area contributed by atoms with Gasteiger partial charge < -0.3 is 9.64 Å². The zero-order valence-electron chi connectivity index (χ0n) is 10.4. The molecule has 1 aromatic rings. The fourth-order valence-corrected chi connectivity index (χ4v) is 1.76. The molecule has 18 heavy (non-hydrogen) atoms. The zero-order chi connectivity index (χ0) is 13.9. The van der Waals surface area contributed by atoms with Gasteiger partial charge in [0, 0.05) is 19.0 Å². The summed E-state index contributed by atoms with van der Waals surface area (Å²) >= 11 is 4.13. The maximum Gasteiger partial charge on any atom is 0.310 e. The molecule has 0 saturated heterocycles. The molecule has 0 spiro atoms. The Balaban J connectivity index is 3.23. The molecule has 0 aliphatic rings. The van der Waals surface area contributed by atoms with Crippen molar-refractivity contribution in [3.8, 4) is 0 Å². The van der Waals surface area contributed by atoms with Gasteiger partial charge in [-0.2, -0.15) is 0 Å². The molecule has 0 bridgehead atoms. The van der Waals surface area contributed by atoms with E-state index < -0.39 is 17.7 Å². The normalized spacial score (nSPS) is 10.1. The summed E-state index contributed by atoms with van der Waals surface area (Å²) in [5.41, 5.74) is 0.321. The van der Waals surface area contributed by atoms with Crippen molar-refractivity contribution in [2.75, 3.05) is 21.2 Å². The molecular formula is C12H14FNO3S. The molecule has 98 valence electrons. The number of hydrogen-bond donors (Lipinski definition) is 1. The van der Waals surface area contributed by atoms with E-state index in [0.29, 0.717) is 5.56 Å². The second-order valence-electron chi connectivity index (χ2n) is 3.88. The van der Waals surface area contributed by atoms with Crippen LogP contribution in [0.4, 0.5) is 4.39 Å². The first-order valence-corrected chi connectivity index (χ1v) is 5.62. The minimum atomic E-state index is -0.660. The first kappa shape index (κ1) is 14.5. The Labute approximate surface area is 110 Å². The largest absolute Gasteiger partial charge is 0.469 e. The molecule has 0 aromatic heterocycles. The number of benzene rings is 1. The van der Waals surface area contributed by atoms with E-state index in [1.165, 1.54) is 32.2 Å². The number of ether oxygens (including phenoxy) is 1. The van der Waals surface area contributed by atoms with Crippen molar-refractivity contribution < 1.29 is 18.7 Å². The molecule has 0 radical (unpaired) electrons. The summed E-state index contributed by atoms with van der Waals surface area (Å²) in [6, 6.07) is 2.57. The molecule has 0 aliphatic carbocycles. The Kier molecular flexibility index (Phi) is 4.72. The maximum absolute atomic E-state index is 13.6. The second-order valence-corrected chi connectivity index (χ2v) is 4.33. The van der Waals surface area contributed by atoms with E-state index in [-0.39, 0.29) is 16.9 Å². The summed E-state index contributed by atoms with van der Waals surface area (Å²) in [6.45, 7) is 0. The number of nitrogens with zero attached hydrogens (tertiary/aromatic N) is 1. The van der Waals surface area contributed by atoms with Crippen LogP contribution in [0.25, 0.3) is 0 Å². The first-order valence-electron chi connectivity index (χ1n) is 5.17. The van der Waals surface area contributed by atoms with Gasteiger partial charge in [-0.1, -0.05) is 6.07 Å². The Morgan fingerprint density at radius 1 is 1.39 bits per heavy atom. The Morgan fingerprint density at radius 2 is 2.00 bits per heavy atom. The van der Waals surface area contributed by atoms with Gasteiger partial charge in [0.1, 0.15) is 5.82 Å². The second kappa shape index (κ2) is 5.86. The molecule has 0 N–H and O–H groups in total. The third-order valence-electron chi connectivity index (χ3n) is 2.39. The molecule has 0 atom stereocenters. The van der Waals surface area contributed by atoms with Crippen molar-refractivity contribution >= 4 is 24.5 Å². The van der Waals surface area contributed by atoms with Crippen LogP contribution in [0, 0.1) is 5.82 Å². The highest BCUT2D eigenvalue weighted by molar-refractivity contribution is 7.80. The van der Waals surface area contributed by atoms with Gasteiger partial charge in [0.15, 0.2) is 0 Å². The molecule has 0 unspecified atom stereocenters. The summed E-state index contributed by atoms with van der Waals surface area (Å²) in [7, 11) is 4.29. The Morgan fingerprint density at radius 3 is 2.50 bits per heavy atom. The molecule has 1 amide bonds. The minimum absolute atomic E-state index is 0.0523. The number of amides is 1. The Hall–Kier alpha value is -1.56. The topological polar surface area (TPSA) is 46.6 Å². The molecule has 4 nitrogen and oxygen atoms in total. The van der Waals surface area contributed by atoms with Crippen LogP contribution in [-0.2, 0) is 16.0 Å². The number of carbonyl (C=O) groups is 2. The van der Waals surface area contributed by atoms with E-state index in [1.54, 1.807) is 0 Å². The number of halogens is 1. The van der Waals surface area contributed by atoms with E-state index in [2.05, 4.69) is 17.4 Å². The highest BCUT2D eigenvalue weighted by Crippen LogP contribution is 2.24. The average molecular weight is 271 g/mol. The minimum Gasteiger partial charge on any atom is -0.469 e. The van der Waals surface area contributed by atoms with E-state index in [4.69, 9.17) is 0 Å². The fraction of sp³-hybridized carbons (Fsp3) is 0.333. The van der Waals surface area contributed by atoms with Gasteiger partial charge >= 0.3 is 5.97 Å². The molecule has 1 aromatic carbocycles. The van der Waals surface area contributed by atoms with E-state index in [0.717, 1.165) is 6.07 Å². The zero-order valence-corrected chi connectivity index (χ0v) is 11.3. The molecule has 1 rings (SSSR count). The van der Waals surface area contributed by atoms with Crippen molar-refractivity contribution in [1.29, 1.82) is 0 Å². The predicted octanol–water partition coefficient (Wildman–Crippen LogP) is 1.53. The number of thiol groups is 1. The van der Waals surface area contributed by atoms with Gasteiger partial charge in [0.2, 0.25) is 0 Å². The van der Waals surface area contributed by atoms with Gasteiger partial charge in [0.05, 0.1) is 19.1 Å². The summed E-state index contributed by atoms with van der Waals surface area (Å²) in [6.07, 6.45) is -0.0523. The van der Waals surface area contributed by atoms with E-state index in [1.807, 2.05) is 0 Å². The van der Waals surface area contributed by atoms with Crippen LogP contribution in [0.3, 0.4) is 0 Å². The number of esters is 1. The SMILES string of the molecule is COC(=O)Cc1ccc(F)c(C(=O)N(C)C)c1S. The van der Waals surface area contributed by atoms with Crippen LogP contribution < -0.4 is 0 Å². The molecule has 0 heterocycles. The van der Waals surface area contributed by atoms with Gasteiger partial charge in [-0.05, 0) is 11.6 Å². The van der Waals surface area contributed by atoms with Gasteiger partial charge in [0.25, 0.3) is 5.91 Å². The van der Waals surface area contributed by atoms with Crippen molar-refractivity contribution in [2.45, 2.75) is 11.3 Å². The van der Waals surface area contributed by atoms with Crippen LogP contribution in [0.5, 0.6) is 0 Å². The lowest BCUT2D eigenvalue weighted by Gasteiger charge is -2.14. The Bertz CT molecular complexity index is 488. The van der Waals surface area contributed by atoms with Crippen molar-refractivity contribution in [2.24, 2.45) is 0 Å². The van der Waals surface area contributed by atoms with Gasteiger partial charge in [-0.25, -0.2) is 4.39 Å². The highest BCUT2D eigenvalue weighted by atomic mass is 32.1. The van der Waals surface area contributed by atoms with Crippen molar-refractivity contribution in [3.05, 3.63) is 29.1 Å². The summed E-state index contributed by atoms with van der Waals surface area (Å²) in [5.74, 6) is -1.63. The van der Waals surface area contributed by atoms with Crippen LogP contribution in [0.2, 0.25) is 0 Å². The van der Waals surface area contributed by atoms with E-state index >= 15 is 0 Å². The van der Waals surface area contributed by atoms with Gasteiger partial charge in [-0.15, -0.1) is 12.6 Å². The third-order valence-corrected chi connectivity index (χ3v) is 2.90. The quantitative estimate of drug-likeness (QED) is 0.670. The maximum atomic E-state index is 13.6. The van der Waals surface area contributed by atoms with Crippen LogP contribution in [-0.4, -0.2) is 38.0 Å². The lowest BCUT2D eigenvalue weighted by atomic mass is 10.1. The van der Waals surface area contributed by atoms with Gasteiger partial charge in [-0.3, -0.25) is 9.59 Å². The van der Waals surface area contributed by atoms with Crippen LogP contribution in [0.1, 0.15) is 15.9 Å². The fourth-order valence-electron chi connectivity index (χ4n) is 1.41. The standard InChI is InChI=1S/C12H14FNO3S/c1-14(2)12(16)10-8(13)5-4-7(11(10)18)6-9(15)17-3/h4-5,18H,6H2,1-3H3. The molecular weight excluding hydrogens is 257 g/mol. The summed E-state index contributed by atoms with van der Waals surface area (Å²) in [4.78, 5) is 24.4. The van der Waals surface area contributed by atoms with E-state index in [9.17, 15) is 14.0 Å².